The van der Waals surface area contributed by atoms with Gasteiger partial charge >= 0.3 is 0 Å². The first-order valence-electron chi connectivity index (χ1n) is 6.96. The van der Waals surface area contributed by atoms with Crippen molar-refractivity contribution >= 4 is 33.4 Å². The number of rotatable bonds is 3. The van der Waals surface area contributed by atoms with Crippen LogP contribution in [0.1, 0.15) is 32.3 Å². The number of halogens is 2. The van der Waals surface area contributed by atoms with Crippen LogP contribution in [-0.4, -0.2) is 23.9 Å². The SMILES string of the molecule is CCCC1NC(=O)C(C)N(c2cc(F)c(Br)cc2C)C1=O. The van der Waals surface area contributed by atoms with Gasteiger partial charge in [0, 0.05) is 0 Å². The summed E-state index contributed by atoms with van der Waals surface area (Å²) in [5, 5.41) is 2.73. The maximum Gasteiger partial charge on any atom is 0.250 e. The van der Waals surface area contributed by atoms with Crippen LogP contribution in [0.5, 0.6) is 0 Å². The molecule has 1 saturated heterocycles. The average molecular weight is 357 g/mol. The molecule has 2 unspecified atom stereocenters. The molecule has 2 atom stereocenters. The third-order valence-electron chi connectivity index (χ3n) is 3.69. The first-order valence-corrected chi connectivity index (χ1v) is 7.75. The van der Waals surface area contributed by atoms with Crippen LogP contribution in [0.4, 0.5) is 10.1 Å². The molecule has 1 fully saturated rings. The van der Waals surface area contributed by atoms with Crippen molar-refractivity contribution in [1.82, 2.24) is 5.32 Å². The molecule has 21 heavy (non-hydrogen) atoms. The Morgan fingerprint density at radius 3 is 2.67 bits per heavy atom. The average Bonchev–Trinajstić information content (AvgIpc) is 2.42. The number of amides is 2. The van der Waals surface area contributed by atoms with Gasteiger partial charge in [-0.15, -0.1) is 0 Å². The van der Waals surface area contributed by atoms with E-state index < -0.39 is 17.9 Å². The van der Waals surface area contributed by atoms with E-state index in [1.54, 1.807) is 19.9 Å². The molecule has 0 saturated carbocycles. The van der Waals surface area contributed by atoms with Crippen molar-refractivity contribution in [3.8, 4) is 0 Å². The highest BCUT2D eigenvalue weighted by molar-refractivity contribution is 9.10. The molecule has 4 nitrogen and oxygen atoms in total. The highest BCUT2D eigenvalue weighted by Gasteiger charge is 2.39. The molecule has 0 bridgehead atoms. The van der Waals surface area contributed by atoms with Gasteiger partial charge in [-0.3, -0.25) is 14.5 Å². The van der Waals surface area contributed by atoms with Crippen LogP contribution in [-0.2, 0) is 9.59 Å². The zero-order valence-electron chi connectivity index (χ0n) is 12.2. The van der Waals surface area contributed by atoms with Crippen LogP contribution in [0.3, 0.4) is 0 Å². The summed E-state index contributed by atoms with van der Waals surface area (Å²) in [5.74, 6) is -0.849. The van der Waals surface area contributed by atoms with Crippen molar-refractivity contribution in [2.45, 2.75) is 45.7 Å². The van der Waals surface area contributed by atoms with E-state index in [4.69, 9.17) is 0 Å². The molecule has 1 heterocycles. The number of nitrogens with zero attached hydrogens (tertiary/aromatic N) is 1. The van der Waals surface area contributed by atoms with Crippen LogP contribution in [0, 0.1) is 12.7 Å². The van der Waals surface area contributed by atoms with E-state index in [1.807, 2.05) is 6.92 Å². The van der Waals surface area contributed by atoms with Crippen molar-refractivity contribution in [2.24, 2.45) is 0 Å². The van der Waals surface area contributed by atoms with Gasteiger partial charge in [0.2, 0.25) is 11.8 Å². The number of aryl methyl sites for hydroxylation is 1. The summed E-state index contributed by atoms with van der Waals surface area (Å²) in [7, 11) is 0. The van der Waals surface area contributed by atoms with Crippen molar-refractivity contribution in [2.75, 3.05) is 4.90 Å². The van der Waals surface area contributed by atoms with Gasteiger partial charge in [0.15, 0.2) is 0 Å². The standard InChI is InChI=1S/C15H18BrFN2O2/c1-4-5-12-15(21)19(9(3)14(20)18-12)13-7-11(17)10(16)6-8(13)2/h6-7,9,12H,4-5H2,1-3H3,(H,18,20). The number of piperazine rings is 1. The van der Waals surface area contributed by atoms with Crippen molar-refractivity contribution < 1.29 is 14.0 Å². The summed E-state index contributed by atoms with van der Waals surface area (Å²) in [6, 6.07) is 1.73. The Balaban J connectivity index is 2.46. The summed E-state index contributed by atoms with van der Waals surface area (Å²) in [5.41, 5.74) is 1.19. The number of hydrogen-bond donors (Lipinski definition) is 1. The molecule has 2 amide bonds. The molecule has 1 N–H and O–H groups in total. The van der Waals surface area contributed by atoms with Crippen LogP contribution >= 0.6 is 15.9 Å². The Labute approximate surface area is 131 Å². The summed E-state index contributed by atoms with van der Waals surface area (Å²) in [6.07, 6.45) is 1.36. The second-order valence-electron chi connectivity index (χ2n) is 5.29. The van der Waals surface area contributed by atoms with Crippen LogP contribution in [0.2, 0.25) is 0 Å². The highest BCUT2D eigenvalue weighted by atomic mass is 79.9. The molecule has 0 radical (unpaired) electrons. The third kappa shape index (κ3) is 2.95. The van der Waals surface area contributed by atoms with Gasteiger partial charge in [-0.1, -0.05) is 13.3 Å². The lowest BCUT2D eigenvalue weighted by Crippen LogP contribution is -2.62. The zero-order valence-corrected chi connectivity index (χ0v) is 13.8. The Hall–Kier alpha value is -1.43. The summed E-state index contributed by atoms with van der Waals surface area (Å²) < 4.78 is 14.2. The summed E-state index contributed by atoms with van der Waals surface area (Å²) in [6.45, 7) is 5.39. The molecule has 1 aliphatic heterocycles. The fourth-order valence-corrected chi connectivity index (χ4v) is 2.99. The van der Waals surface area contributed by atoms with Gasteiger partial charge in [0.25, 0.3) is 0 Å². The molecular formula is C15H18BrFN2O2. The normalized spacial score (nSPS) is 22.4. The van der Waals surface area contributed by atoms with Crippen molar-refractivity contribution in [3.05, 3.63) is 28.0 Å². The predicted octanol–water partition coefficient (Wildman–Crippen LogP) is 2.92. The quantitative estimate of drug-likeness (QED) is 0.904. The topological polar surface area (TPSA) is 49.4 Å². The van der Waals surface area contributed by atoms with E-state index >= 15 is 0 Å². The Morgan fingerprint density at radius 1 is 1.38 bits per heavy atom. The van der Waals surface area contributed by atoms with E-state index in [0.29, 0.717) is 16.6 Å². The third-order valence-corrected chi connectivity index (χ3v) is 4.30. The Kier molecular flexibility index (Phi) is 4.66. The predicted molar refractivity (Wildman–Crippen MR) is 82.6 cm³/mol. The molecule has 0 spiro atoms. The van der Waals surface area contributed by atoms with Crippen molar-refractivity contribution in [3.63, 3.8) is 0 Å². The van der Waals surface area contributed by atoms with Gasteiger partial charge in [0.05, 0.1) is 10.2 Å². The fourth-order valence-electron chi connectivity index (χ4n) is 2.54. The molecule has 1 aromatic carbocycles. The van der Waals surface area contributed by atoms with Gasteiger partial charge in [0.1, 0.15) is 17.9 Å². The first kappa shape index (κ1) is 15.9. The van der Waals surface area contributed by atoms with Crippen molar-refractivity contribution in [1.29, 1.82) is 0 Å². The second kappa shape index (κ2) is 6.13. The van der Waals surface area contributed by atoms with Gasteiger partial charge in [-0.2, -0.15) is 0 Å². The molecule has 2 rings (SSSR count). The molecular weight excluding hydrogens is 339 g/mol. The van der Waals surface area contributed by atoms with Gasteiger partial charge in [-0.05, 0) is 53.9 Å². The van der Waals surface area contributed by atoms with Crippen LogP contribution in [0.25, 0.3) is 0 Å². The minimum Gasteiger partial charge on any atom is -0.342 e. The lowest BCUT2D eigenvalue weighted by molar-refractivity contribution is -0.133. The fraction of sp³-hybridized carbons (Fsp3) is 0.467. The van der Waals surface area contributed by atoms with Crippen LogP contribution < -0.4 is 10.2 Å². The number of carbonyl (C=O) groups excluding carboxylic acids is 2. The minimum atomic E-state index is -0.648. The second-order valence-corrected chi connectivity index (χ2v) is 6.14. The molecule has 114 valence electrons. The van der Waals surface area contributed by atoms with Gasteiger partial charge < -0.3 is 5.32 Å². The smallest absolute Gasteiger partial charge is 0.250 e. The molecule has 1 aromatic rings. The minimum absolute atomic E-state index is 0.186. The van der Waals surface area contributed by atoms with E-state index in [-0.39, 0.29) is 11.8 Å². The maximum absolute atomic E-state index is 13.8. The lowest BCUT2D eigenvalue weighted by atomic mass is 10.0. The lowest BCUT2D eigenvalue weighted by Gasteiger charge is -2.38. The van der Waals surface area contributed by atoms with E-state index in [1.165, 1.54) is 11.0 Å². The largest absolute Gasteiger partial charge is 0.342 e. The number of nitrogens with one attached hydrogen (secondary N) is 1. The number of anilines is 1. The monoisotopic (exact) mass is 356 g/mol. The first-order chi connectivity index (χ1) is 9.86. The summed E-state index contributed by atoms with van der Waals surface area (Å²) >= 11 is 3.13. The van der Waals surface area contributed by atoms with E-state index in [2.05, 4.69) is 21.2 Å². The Morgan fingerprint density at radius 2 is 2.05 bits per heavy atom. The number of benzene rings is 1. The van der Waals surface area contributed by atoms with E-state index in [9.17, 15) is 14.0 Å². The number of carbonyl (C=O) groups is 2. The number of hydrogen-bond acceptors (Lipinski definition) is 2. The molecule has 6 heteroatoms. The maximum atomic E-state index is 13.8. The molecule has 0 aliphatic carbocycles. The molecule has 1 aliphatic rings. The zero-order chi connectivity index (χ0) is 15.7. The Bertz CT molecular complexity index is 591. The molecule has 0 aromatic heterocycles. The summed E-state index contributed by atoms with van der Waals surface area (Å²) in [4.78, 5) is 26.1. The highest BCUT2D eigenvalue weighted by Crippen LogP contribution is 2.30. The van der Waals surface area contributed by atoms with Gasteiger partial charge in [-0.25, -0.2) is 4.39 Å². The van der Waals surface area contributed by atoms with Crippen LogP contribution in [0.15, 0.2) is 16.6 Å². The van der Waals surface area contributed by atoms with E-state index in [0.717, 1.165) is 12.0 Å².